The van der Waals surface area contributed by atoms with Gasteiger partial charge < -0.3 is 10.2 Å². The van der Waals surface area contributed by atoms with Gasteiger partial charge in [-0.25, -0.2) is 0 Å². The van der Waals surface area contributed by atoms with Crippen LogP contribution in [0.15, 0.2) is 0 Å². The van der Waals surface area contributed by atoms with E-state index in [0.717, 1.165) is 25.9 Å². The third kappa shape index (κ3) is 6.23. The summed E-state index contributed by atoms with van der Waals surface area (Å²) in [6.07, 6.45) is 2.15. The van der Waals surface area contributed by atoms with Gasteiger partial charge in [-0.3, -0.25) is 9.69 Å². The Morgan fingerprint density at radius 2 is 1.72 bits per heavy atom. The molecule has 0 saturated carbocycles. The normalized spacial score (nSPS) is 16.1. The molecular formula is C12H27Cl2N3O. The second-order valence-electron chi connectivity index (χ2n) is 4.99. The standard InChI is InChI=1S/C12H25N3O.2ClH/c1-10(2)14(3)9-12(16)15(4)11-5-7-13-8-6-11;;/h10-11,13H,5-9H2,1-4H3;2*1H. The van der Waals surface area contributed by atoms with Gasteiger partial charge in [0.15, 0.2) is 0 Å². The van der Waals surface area contributed by atoms with Crippen LogP contribution in [-0.4, -0.2) is 61.5 Å². The quantitative estimate of drug-likeness (QED) is 0.852. The first kappa shape index (κ1) is 20.3. The number of hydrogen-bond acceptors (Lipinski definition) is 3. The van der Waals surface area contributed by atoms with E-state index in [2.05, 4.69) is 24.1 Å². The Kier molecular flexibility index (Phi) is 11.1. The molecule has 1 saturated heterocycles. The maximum Gasteiger partial charge on any atom is 0.236 e. The molecule has 1 N–H and O–H groups in total. The number of piperidine rings is 1. The highest BCUT2D eigenvalue weighted by atomic mass is 35.5. The summed E-state index contributed by atoms with van der Waals surface area (Å²) in [6.45, 7) is 6.80. The number of likely N-dealkylation sites (N-methyl/N-ethyl adjacent to an activating group) is 2. The molecule has 0 radical (unpaired) electrons. The van der Waals surface area contributed by atoms with E-state index in [1.54, 1.807) is 0 Å². The zero-order chi connectivity index (χ0) is 12.1. The number of carbonyl (C=O) groups excluding carboxylic acids is 1. The smallest absolute Gasteiger partial charge is 0.236 e. The van der Waals surface area contributed by atoms with Gasteiger partial charge in [0.1, 0.15) is 0 Å². The van der Waals surface area contributed by atoms with E-state index in [1.807, 2.05) is 19.0 Å². The second-order valence-corrected chi connectivity index (χ2v) is 4.99. The van der Waals surface area contributed by atoms with Crippen LogP contribution in [0.25, 0.3) is 0 Å². The second kappa shape index (κ2) is 9.84. The van der Waals surface area contributed by atoms with Crippen molar-refractivity contribution in [3.8, 4) is 0 Å². The number of nitrogens with one attached hydrogen (secondary N) is 1. The monoisotopic (exact) mass is 299 g/mol. The molecule has 1 heterocycles. The molecule has 0 unspecified atom stereocenters. The molecule has 0 aliphatic carbocycles. The fourth-order valence-electron chi connectivity index (χ4n) is 1.91. The van der Waals surface area contributed by atoms with Crippen molar-refractivity contribution in [3.63, 3.8) is 0 Å². The Morgan fingerprint density at radius 3 is 2.17 bits per heavy atom. The third-order valence-electron chi connectivity index (χ3n) is 3.52. The van der Waals surface area contributed by atoms with Gasteiger partial charge in [0, 0.05) is 19.1 Å². The Labute approximate surface area is 123 Å². The Balaban J connectivity index is 0. The van der Waals surface area contributed by atoms with Crippen LogP contribution < -0.4 is 5.32 Å². The number of amides is 1. The van der Waals surface area contributed by atoms with Crippen molar-refractivity contribution in [3.05, 3.63) is 0 Å². The number of carbonyl (C=O) groups is 1. The van der Waals surface area contributed by atoms with Crippen LogP contribution in [0.2, 0.25) is 0 Å². The van der Waals surface area contributed by atoms with E-state index in [-0.39, 0.29) is 30.7 Å². The van der Waals surface area contributed by atoms with Crippen molar-refractivity contribution >= 4 is 30.7 Å². The fraction of sp³-hybridized carbons (Fsp3) is 0.917. The highest BCUT2D eigenvalue weighted by Crippen LogP contribution is 2.10. The van der Waals surface area contributed by atoms with Gasteiger partial charge in [-0.1, -0.05) is 0 Å². The topological polar surface area (TPSA) is 35.6 Å². The van der Waals surface area contributed by atoms with E-state index >= 15 is 0 Å². The first-order valence-corrected chi connectivity index (χ1v) is 6.19. The summed E-state index contributed by atoms with van der Waals surface area (Å²) in [6, 6.07) is 0.847. The molecule has 1 fully saturated rings. The first-order chi connectivity index (χ1) is 7.52. The van der Waals surface area contributed by atoms with Gasteiger partial charge in [0.25, 0.3) is 0 Å². The van der Waals surface area contributed by atoms with Gasteiger partial charge >= 0.3 is 0 Å². The van der Waals surface area contributed by atoms with Crippen molar-refractivity contribution < 1.29 is 4.79 Å². The van der Waals surface area contributed by atoms with E-state index in [9.17, 15) is 4.79 Å². The van der Waals surface area contributed by atoms with Gasteiger partial charge in [-0.05, 0) is 46.8 Å². The van der Waals surface area contributed by atoms with Crippen LogP contribution in [0, 0.1) is 0 Å². The average Bonchev–Trinajstić information content (AvgIpc) is 2.28. The number of hydrogen-bond donors (Lipinski definition) is 1. The summed E-state index contributed by atoms with van der Waals surface area (Å²) < 4.78 is 0. The Hall–Kier alpha value is -0.0300. The molecule has 1 rings (SSSR count). The predicted molar refractivity (Wildman–Crippen MR) is 80.9 cm³/mol. The zero-order valence-electron chi connectivity index (χ0n) is 11.8. The minimum atomic E-state index is 0. The molecule has 1 aliphatic heterocycles. The van der Waals surface area contributed by atoms with Crippen molar-refractivity contribution in [2.75, 3.05) is 33.7 Å². The van der Waals surface area contributed by atoms with Crippen molar-refractivity contribution in [2.45, 2.75) is 38.8 Å². The van der Waals surface area contributed by atoms with E-state index in [1.165, 1.54) is 0 Å². The summed E-state index contributed by atoms with van der Waals surface area (Å²) in [4.78, 5) is 16.0. The lowest BCUT2D eigenvalue weighted by Crippen LogP contribution is -2.47. The summed E-state index contributed by atoms with van der Waals surface area (Å²) in [5.41, 5.74) is 0. The van der Waals surface area contributed by atoms with E-state index in [0.29, 0.717) is 18.6 Å². The first-order valence-electron chi connectivity index (χ1n) is 6.19. The molecular weight excluding hydrogens is 273 g/mol. The molecule has 1 aliphatic rings. The van der Waals surface area contributed by atoms with Gasteiger partial charge in [0.05, 0.1) is 6.54 Å². The van der Waals surface area contributed by atoms with Crippen LogP contribution in [-0.2, 0) is 4.79 Å². The molecule has 0 aromatic rings. The lowest BCUT2D eigenvalue weighted by molar-refractivity contribution is -0.133. The number of rotatable bonds is 4. The third-order valence-corrected chi connectivity index (χ3v) is 3.52. The summed E-state index contributed by atoms with van der Waals surface area (Å²) in [5, 5.41) is 3.32. The van der Waals surface area contributed by atoms with E-state index < -0.39 is 0 Å². The SMILES string of the molecule is CC(C)N(C)CC(=O)N(C)C1CCNCC1.Cl.Cl. The maximum atomic E-state index is 12.0. The largest absolute Gasteiger partial charge is 0.342 e. The molecule has 0 spiro atoms. The Morgan fingerprint density at radius 1 is 1.22 bits per heavy atom. The van der Waals surface area contributed by atoms with Crippen LogP contribution >= 0.6 is 24.8 Å². The van der Waals surface area contributed by atoms with Gasteiger partial charge in [0.2, 0.25) is 5.91 Å². The summed E-state index contributed by atoms with van der Waals surface area (Å²) >= 11 is 0. The molecule has 110 valence electrons. The predicted octanol–water partition coefficient (Wildman–Crippen LogP) is 1.38. The van der Waals surface area contributed by atoms with Crippen molar-refractivity contribution in [2.24, 2.45) is 0 Å². The minimum absolute atomic E-state index is 0. The summed E-state index contributed by atoms with van der Waals surface area (Å²) in [7, 11) is 3.94. The Bertz CT molecular complexity index is 233. The van der Waals surface area contributed by atoms with Crippen LogP contribution in [0.4, 0.5) is 0 Å². The lowest BCUT2D eigenvalue weighted by atomic mass is 10.1. The van der Waals surface area contributed by atoms with Crippen LogP contribution in [0.5, 0.6) is 0 Å². The molecule has 0 aromatic carbocycles. The maximum absolute atomic E-state index is 12.0. The molecule has 4 nitrogen and oxygen atoms in total. The highest BCUT2D eigenvalue weighted by molar-refractivity contribution is 5.85. The van der Waals surface area contributed by atoms with E-state index in [4.69, 9.17) is 0 Å². The van der Waals surface area contributed by atoms with Crippen LogP contribution in [0.1, 0.15) is 26.7 Å². The van der Waals surface area contributed by atoms with Crippen molar-refractivity contribution in [1.29, 1.82) is 0 Å². The highest BCUT2D eigenvalue weighted by Gasteiger charge is 2.22. The molecule has 0 aromatic heterocycles. The average molecular weight is 300 g/mol. The molecule has 0 bridgehead atoms. The molecule has 6 heteroatoms. The fourth-order valence-corrected chi connectivity index (χ4v) is 1.91. The molecule has 18 heavy (non-hydrogen) atoms. The minimum Gasteiger partial charge on any atom is -0.342 e. The molecule has 0 atom stereocenters. The van der Waals surface area contributed by atoms with Crippen LogP contribution in [0.3, 0.4) is 0 Å². The number of halogens is 2. The molecule has 1 amide bonds. The van der Waals surface area contributed by atoms with Crippen molar-refractivity contribution in [1.82, 2.24) is 15.1 Å². The number of nitrogens with zero attached hydrogens (tertiary/aromatic N) is 2. The summed E-state index contributed by atoms with van der Waals surface area (Å²) in [5.74, 6) is 0.239. The zero-order valence-corrected chi connectivity index (χ0v) is 13.4. The van der Waals surface area contributed by atoms with Gasteiger partial charge in [-0.2, -0.15) is 0 Å². The van der Waals surface area contributed by atoms with Gasteiger partial charge in [-0.15, -0.1) is 24.8 Å². The lowest BCUT2D eigenvalue weighted by Gasteiger charge is -2.33.